The molecule has 3 aliphatic carbocycles. The lowest BCUT2D eigenvalue weighted by Crippen LogP contribution is -2.77. The summed E-state index contributed by atoms with van der Waals surface area (Å²) in [5.74, 6) is 1.26. The highest BCUT2D eigenvalue weighted by Gasteiger charge is 2.74. The van der Waals surface area contributed by atoms with E-state index in [2.05, 4.69) is 4.90 Å². The van der Waals surface area contributed by atoms with Gasteiger partial charge in [0.1, 0.15) is 12.2 Å². The molecule has 2 bridgehead atoms. The van der Waals surface area contributed by atoms with Gasteiger partial charge in [-0.15, -0.1) is 0 Å². The van der Waals surface area contributed by atoms with Gasteiger partial charge in [0.25, 0.3) is 0 Å². The van der Waals surface area contributed by atoms with Crippen LogP contribution in [-0.4, -0.2) is 69.5 Å². The first-order valence-electron chi connectivity index (χ1n) is 13.3. The predicted molar refractivity (Wildman–Crippen MR) is 131 cm³/mol. The first-order valence-corrected chi connectivity index (χ1v) is 13.3. The number of aromatic hydroxyl groups is 1. The normalized spacial score (nSPS) is 34.1. The number of likely N-dealkylation sites (tertiary alicyclic amines) is 1. The summed E-state index contributed by atoms with van der Waals surface area (Å²) in [6.07, 6.45) is 1.95. The summed E-state index contributed by atoms with van der Waals surface area (Å²) in [5, 5.41) is 32.6. The minimum absolute atomic E-state index is 0.0371. The van der Waals surface area contributed by atoms with Crippen LogP contribution in [0.15, 0.2) is 42.5 Å². The maximum absolute atomic E-state index is 13.3. The molecule has 2 saturated carbocycles. The SMILES string of the molecule is O=C1CC[C@@]2(OCC(O)C(O)c3ccccc3)[C@H]3Cc4ccc(O)c5c4[C@@]2(CCN3CC2CC2)[C@H]1O5. The third-order valence-corrected chi connectivity index (χ3v) is 9.54. The number of hydrogen-bond acceptors (Lipinski definition) is 7. The number of ether oxygens (including phenoxy) is 2. The van der Waals surface area contributed by atoms with Crippen molar-refractivity contribution in [1.29, 1.82) is 0 Å². The van der Waals surface area contributed by atoms with Crippen LogP contribution in [-0.2, 0) is 21.4 Å². The number of benzene rings is 2. The molecule has 1 saturated heterocycles. The minimum atomic E-state index is -1.11. The predicted octanol–water partition coefficient (Wildman–Crippen LogP) is 2.64. The Bertz CT molecular complexity index is 1200. The van der Waals surface area contributed by atoms with Crippen LogP contribution in [0.5, 0.6) is 11.5 Å². The van der Waals surface area contributed by atoms with E-state index in [1.54, 1.807) is 18.2 Å². The molecule has 7 heteroatoms. The van der Waals surface area contributed by atoms with Gasteiger partial charge in [-0.3, -0.25) is 9.69 Å². The van der Waals surface area contributed by atoms with E-state index < -0.39 is 29.3 Å². The second-order valence-corrected chi connectivity index (χ2v) is 11.4. The van der Waals surface area contributed by atoms with Crippen molar-refractivity contribution in [2.45, 2.75) is 73.9 Å². The van der Waals surface area contributed by atoms with Gasteiger partial charge in [-0.1, -0.05) is 36.4 Å². The Balaban J connectivity index is 1.30. The van der Waals surface area contributed by atoms with E-state index in [4.69, 9.17) is 9.47 Å². The van der Waals surface area contributed by atoms with Crippen LogP contribution in [0.25, 0.3) is 0 Å². The molecule has 0 amide bonds. The van der Waals surface area contributed by atoms with Gasteiger partial charge < -0.3 is 24.8 Å². The number of phenols is 1. The number of carbonyl (C=O) groups is 1. The van der Waals surface area contributed by atoms with Gasteiger partial charge in [0.2, 0.25) is 0 Å². The second-order valence-electron chi connectivity index (χ2n) is 11.4. The summed E-state index contributed by atoms with van der Waals surface area (Å²) in [4.78, 5) is 15.9. The van der Waals surface area contributed by atoms with E-state index >= 15 is 0 Å². The number of aliphatic hydroxyl groups excluding tert-OH is 2. The van der Waals surface area contributed by atoms with Crippen LogP contribution in [0.4, 0.5) is 0 Å². The zero-order chi connectivity index (χ0) is 24.7. The lowest BCUT2D eigenvalue weighted by atomic mass is 9.48. The molecule has 1 spiro atoms. The number of hydrogen-bond donors (Lipinski definition) is 3. The Labute approximate surface area is 210 Å². The summed E-state index contributed by atoms with van der Waals surface area (Å²) >= 11 is 0. The van der Waals surface area contributed by atoms with Crippen molar-refractivity contribution in [3.63, 3.8) is 0 Å². The summed E-state index contributed by atoms with van der Waals surface area (Å²) in [6, 6.07) is 12.8. The monoisotopic (exact) mass is 491 g/mol. The Hall–Kier alpha value is -2.45. The average Bonchev–Trinajstić information content (AvgIpc) is 3.64. The number of aliphatic hydroxyl groups is 2. The Morgan fingerprint density at radius 1 is 1.11 bits per heavy atom. The highest BCUT2D eigenvalue weighted by atomic mass is 16.5. The summed E-state index contributed by atoms with van der Waals surface area (Å²) in [7, 11) is 0. The van der Waals surface area contributed by atoms with E-state index in [0.717, 1.165) is 30.6 Å². The van der Waals surface area contributed by atoms with Crippen molar-refractivity contribution in [2.75, 3.05) is 19.7 Å². The van der Waals surface area contributed by atoms with Crippen LogP contribution >= 0.6 is 0 Å². The first-order chi connectivity index (χ1) is 17.4. The molecule has 3 fully saturated rings. The molecule has 2 aliphatic heterocycles. The molecule has 0 radical (unpaired) electrons. The van der Waals surface area contributed by atoms with E-state index in [1.165, 1.54) is 12.8 Å². The quantitative estimate of drug-likeness (QED) is 0.548. The third kappa shape index (κ3) is 3.03. The zero-order valence-corrected chi connectivity index (χ0v) is 20.3. The van der Waals surface area contributed by atoms with Gasteiger partial charge in [-0.05, 0) is 61.8 Å². The Morgan fingerprint density at radius 2 is 1.92 bits per heavy atom. The number of rotatable bonds is 7. The van der Waals surface area contributed by atoms with Crippen molar-refractivity contribution < 1.29 is 29.6 Å². The van der Waals surface area contributed by atoms with Crippen LogP contribution in [0.3, 0.4) is 0 Å². The van der Waals surface area contributed by atoms with Crippen LogP contribution < -0.4 is 4.74 Å². The van der Waals surface area contributed by atoms with E-state index in [9.17, 15) is 20.1 Å². The summed E-state index contributed by atoms with van der Waals surface area (Å²) in [5.41, 5.74) is 1.24. The fourth-order valence-electron chi connectivity index (χ4n) is 7.73. The van der Waals surface area contributed by atoms with Gasteiger partial charge in [0.05, 0.1) is 17.6 Å². The molecule has 3 N–H and O–H groups in total. The molecule has 6 atom stereocenters. The van der Waals surface area contributed by atoms with Crippen LogP contribution in [0.1, 0.15) is 54.9 Å². The lowest BCUT2D eigenvalue weighted by Gasteiger charge is -2.64. The highest BCUT2D eigenvalue weighted by Crippen LogP contribution is 2.66. The molecule has 7 rings (SSSR count). The molecule has 5 aliphatic rings. The van der Waals surface area contributed by atoms with Crippen molar-refractivity contribution >= 4 is 5.78 Å². The number of nitrogens with zero attached hydrogens (tertiary/aromatic N) is 1. The number of phenolic OH excluding ortho intramolecular Hbond substituents is 1. The molecule has 0 aromatic heterocycles. The molecule has 36 heavy (non-hydrogen) atoms. The zero-order valence-electron chi connectivity index (χ0n) is 20.3. The number of Topliss-reactive ketones (excluding diaryl/α,β-unsaturated/α-hetero) is 1. The van der Waals surface area contributed by atoms with Crippen molar-refractivity contribution in [3.8, 4) is 11.5 Å². The van der Waals surface area contributed by atoms with Crippen LogP contribution in [0.2, 0.25) is 0 Å². The summed E-state index contributed by atoms with van der Waals surface area (Å²) < 4.78 is 13.1. The maximum Gasteiger partial charge on any atom is 0.174 e. The lowest BCUT2D eigenvalue weighted by molar-refractivity contribution is -0.226. The topological polar surface area (TPSA) is 99.5 Å². The van der Waals surface area contributed by atoms with Gasteiger partial charge in [-0.25, -0.2) is 0 Å². The molecule has 2 heterocycles. The molecule has 2 aromatic carbocycles. The molecular weight excluding hydrogens is 458 g/mol. The van der Waals surface area contributed by atoms with E-state index in [-0.39, 0.29) is 24.2 Å². The molecule has 7 nitrogen and oxygen atoms in total. The van der Waals surface area contributed by atoms with Crippen LogP contribution in [0, 0.1) is 5.92 Å². The Morgan fingerprint density at radius 3 is 2.69 bits per heavy atom. The highest BCUT2D eigenvalue weighted by molar-refractivity contribution is 5.90. The van der Waals surface area contributed by atoms with Gasteiger partial charge in [0.15, 0.2) is 23.4 Å². The largest absolute Gasteiger partial charge is 0.504 e. The van der Waals surface area contributed by atoms with E-state index in [1.807, 2.05) is 24.3 Å². The number of piperidine rings is 1. The van der Waals surface area contributed by atoms with Gasteiger partial charge >= 0.3 is 0 Å². The van der Waals surface area contributed by atoms with Crippen molar-refractivity contribution in [1.82, 2.24) is 4.90 Å². The maximum atomic E-state index is 13.3. The number of ketones is 1. The minimum Gasteiger partial charge on any atom is -0.504 e. The van der Waals surface area contributed by atoms with Crippen molar-refractivity contribution in [3.05, 3.63) is 59.2 Å². The molecule has 2 unspecified atom stereocenters. The fourth-order valence-corrected chi connectivity index (χ4v) is 7.73. The second kappa shape index (κ2) is 8.02. The Kier molecular flexibility index (Phi) is 5.06. The molecular formula is C29H33NO6. The first kappa shape index (κ1) is 22.7. The summed E-state index contributed by atoms with van der Waals surface area (Å²) in [6.45, 7) is 1.82. The van der Waals surface area contributed by atoms with Crippen molar-refractivity contribution in [2.24, 2.45) is 5.92 Å². The average molecular weight is 492 g/mol. The third-order valence-electron chi connectivity index (χ3n) is 9.54. The standard InChI is InChI=1S/C29H33NO6/c31-20-9-8-19-14-23-29(35-16-22(33)25(34)18-4-2-1-3-5-18)11-10-21(32)27-28(29,24(19)26(20)36-27)12-13-30(23)15-17-6-7-17/h1-5,8-9,17,22-23,25,27,31,33-34H,6-7,10-16H2/t22?,23-,25?,27+,28+,29-/m1/s1. The van der Waals surface area contributed by atoms with E-state index in [0.29, 0.717) is 36.5 Å². The van der Waals surface area contributed by atoms with Gasteiger partial charge in [-0.2, -0.15) is 0 Å². The molecule has 190 valence electrons. The molecule has 2 aromatic rings. The van der Waals surface area contributed by atoms with Gasteiger partial charge in [0, 0.05) is 24.6 Å². The smallest absolute Gasteiger partial charge is 0.174 e. The fraction of sp³-hybridized carbons (Fsp3) is 0.552. The number of carbonyl (C=O) groups excluding carboxylic acids is 1.